The number of halogens is 5. The Morgan fingerprint density at radius 2 is 2.00 bits per heavy atom. The molecule has 0 unspecified atom stereocenters. The van der Waals surface area contributed by atoms with Gasteiger partial charge in [0.15, 0.2) is 5.75 Å². The molecule has 0 saturated heterocycles. The molecule has 33 heavy (non-hydrogen) atoms. The maximum Gasteiger partial charge on any atom is 0.338 e. The number of carbonyl (C=O) groups excluding carboxylic acids is 1. The highest BCUT2D eigenvalue weighted by Crippen LogP contribution is 2.39. The first-order valence-electron chi connectivity index (χ1n) is 8.95. The quantitative estimate of drug-likeness (QED) is 0.439. The van der Waals surface area contributed by atoms with Crippen LogP contribution in [0.4, 0.5) is 18.9 Å². The fourth-order valence-corrected chi connectivity index (χ4v) is 5.49. The summed E-state index contributed by atoms with van der Waals surface area (Å²) in [5, 5.41) is 3.39. The van der Waals surface area contributed by atoms with E-state index in [0.717, 1.165) is 24.4 Å². The van der Waals surface area contributed by atoms with Gasteiger partial charge in [0.1, 0.15) is 23.0 Å². The van der Waals surface area contributed by atoms with Crippen LogP contribution in [-0.2, 0) is 21.4 Å². The third-order valence-electron chi connectivity index (χ3n) is 4.68. The van der Waals surface area contributed by atoms with Gasteiger partial charge in [-0.1, -0.05) is 11.6 Å². The topological polar surface area (TPSA) is 99.5 Å². The highest BCUT2D eigenvalue weighted by Gasteiger charge is 2.28. The SMILES string of the molecule is COc1c(Br)cc2cc1S(=O)(=O)Nc1cc(c(F)cc1Cl)-c1cn(C(F)F)nc1COC2=O. The number of methoxy groups -OCH3 is 1. The average molecular weight is 567 g/mol. The lowest BCUT2D eigenvalue weighted by atomic mass is 10.1. The molecule has 174 valence electrons. The summed E-state index contributed by atoms with van der Waals surface area (Å²) in [6.07, 6.45) is 0.859. The number of anilines is 1. The van der Waals surface area contributed by atoms with Crippen molar-refractivity contribution in [2.75, 3.05) is 11.8 Å². The molecule has 0 amide bonds. The lowest BCUT2D eigenvalue weighted by molar-refractivity contribution is 0.0446. The van der Waals surface area contributed by atoms with Crippen LogP contribution in [0.25, 0.3) is 11.1 Å². The fraction of sp³-hybridized carbons (Fsp3) is 0.158. The van der Waals surface area contributed by atoms with E-state index in [2.05, 4.69) is 25.8 Å². The molecule has 8 nitrogen and oxygen atoms in total. The molecule has 0 saturated carbocycles. The molecule has 0 spiro atoms. The van der Waals surface area contributed by atoms with Crippen molar-refractivity contribution in [1.82, 2.24) is 9.78 Å². The molecule has 0 radical (unpaired) electrons. The number of carbonyl (C=O) groups is 1. The Bertz CT molecular complexity index is 1400. The lowest BCUT2D eigenvalue weighted by Gasteiger charge is -2.15. The summed E-state index contributed by atoms with van der Waals surface area (Å²) in [4.78, 5) is 12.2. The number of rotatable bonds is 2. The van der Waals surface area contributed by atoms with Crippen molar-refractivity contribution in [2.24, 2.45) is 0 Å². The van der Waals surface area contributed by atoms with Gasteiger partial charge < -0.3 is 9.47 Å². The van der Waals surface area contributed by atoms with Gasteiger partial charge in [0.05, 0.1) is 27.9 Å². The number of nitrogens with one attached hydrogen (secondary N) is 1. The maximum atomic E-state index is 14.8. The number of alkyl halides is 2. The van der Waals surface area contributed by atoms with Crippen LogP contribution in [0.2, 0.25) is 5.02 Å². The van der Waals surface area contributed by atoms with E-state index < -0.39 is 39.9 Å². The first-order valence-corrected chi connectivity index (χ1v) is 11.6. The lowest BCUT2D eigenvalue weighted by Crippen LogP contribution is -2.16. The number of aromatic nitrogens is 2. The Morgan fingerprint density at radius 3 is 2.67 bits per heavy atom. The van der Waals surface area contributed by atoms with E-state index >= 15 is 0 Å². The minimum atomic E-state index is -4.43. The zero-order valence-corrected chi connectivity index (χ0v) is 19.6. The van der Waals surface area contributed by atoms with Crippen LogP contribution in [0.15, 0.2) is 39.8 Å². The van der Waals surface area contributed by atoms with Gasteiger partial charge in [0, 0.05) is 17.3 Å². The van der Waals surface area contributed by atoms with Gasteiger partial charge in [0.2, 0.25) is 0 Å². The minimum Gasteiger partial charge on any atom is -0.494 e. The normalized spacial score (nSPS) is 14.9. The fourth-order valence-electron chi connectivity index (χ4n) is 3.19. The first-order chi connectivity index (χ1) is 15.5. The monoisotopic (exact) mass is 565 g/mol. The summed E-state index contributed by atoms with van der Waals surface area (Å²) in [6.45, 7) is -3.65. The number of sulfonamides is 1. The van der Waals surface area contributed by atoms with Crippen LogP contribution in [0.3, 0.4) is 0 Å². The number of hydrogen-bond donors (Lipinski definition) is 1. The molecule has 0 fully saturated rings. The summed E-state index contributed by atoms with van der Waals surface area (Å²) < 4.78 is 80.5. The molecular weight excluding hydrogens is 555 g/mol. The highest BCUT2D eigenvalue weighted by atomic mass is 79.9. The van der Waals surface area contributed by atoms with E-state index in [4.69, 9.17) is 21.1 Å². The molecule has 4 bridgehead atoms. The predicted octanol–water partition coefficient (Wildman–Crippen LogP) is 4.98. The standard InChI is InChI=1S/C19H12BrClF3N3O5S/c1-31-17-11(20)2-8-3-16(17)33(29,30)26-14-4-9(13(22)5-12(14)21)10-6-27(19(23)24)25-15(10)7-32-18(8)28/h2-6,19,26H,7H2,1H3. The number of hydrogen-bond acceptors (Lipinski definition) is 6. The maximum absolute atomic E-state index is 14.8. The van der Waals surface area contributed by atoms with Crippen molar-refractivity contribution in [3.8, 4) is 16.9 Å². The number of fused-ring (bicyclic) bond motifs is 6. The zero-order chi connectivity index (χ0) is 24.1. The van der Waals surface area contributed by atoms with Gasteiger partial charge in [0.25, 0.3) is 10.0 Å². The number of cyclic esters (lactones) is 1. The molecule has 4 rings (SSSR count). The summed E-state index contributed by atoms with van der Waals surface area (Å²) in [5.74, 6) is -2.01. The van der Waals surface area contributed by atoms with E-state index in [9.17, 15) is 26.4 Å². The van der Waals surface area contributed by atoms with Crippen LogP contribution in [0.1, 0.15) is 22.6 Å². The summed E-state index contributed by atoms with van der Waals surface area (Å²) in [6, 6.07) is 4.15. The van der Waals surface area contributed by atoms with Gasteiger partial charge >= 0.3 is 12.5 Å². The molecule has 0 aliphatic carbocycles. The largest absolute Gasteiger partial charge is 0.494 e. The van der Waals surface area contributed by atoms with Crippen molar-refractivity contribution < 1.29 is 35.9 Å². The minimum absolute atomic E-state index is 0.107. The Labute approximate surface area is 198 Å². The zero-order valence-electron chi connectivity index (χ0n) is 16.4. The van der Waals surface area contributed by atoms with Crippen molar-refractivity contribution >= 4 is 49.2 Å². The van der Waals surface area contributed by atoms with E-state index in [1.807, 2.05) is 0 Å². The Balaban J connectivity index is 2.00. The third kappa shape index (κ3) is 4.27. The van der Waals surface area contributed by atoms with Gasteiger partial charge in [-0.25, -0.2) is 22.3 Å². The van der Waals surface area contributed by atoms with Crippen molar-refractivity contribution in [3.63, 3.8) is 0 Å². The summed E-state index contributed by atoms with van der Waals surface area (Å²) in [5.41, 5.74) is -1.01. The number of benzene rings is 2. The van der Waals surface area contributed by atoms with Crippen molar-refractivity contribution in [1.29, 1.82) is 0 Å². The van der Waals surface area contributed by atoms with E-state index in [1.54, 1.807) is 0 Å². The van der Waals surface area contributed by atoms with E-state index in [0.29, 0.717) is 0 Å². The molecule has 1 aromatic heterocycles. The summed E-state index contributed by atoms with van der Waals surface area (Å²) in [7, 11) is -3.20. The Morgan fingerprint density at radius 1 is 1.27 bits per heavy atom. The molecule has 2 heterocycles. The predicted molar refractivity (Wildman–Crippen MR) is 115 cm³/mol. The van der Waals surface area contributed by atoms with Crippen LogP contribution in [0, 0.1) is 5.82 Å². The number of nitrogens with zero attached hydrogens (tertiary/aromatic N) is 2. The van der Waals surface area contributed by atoms with Gasteiger partial charge in [-0.15, -0.1) is 0 Å². The molecule has 1 aliphatic heterocycles. The Hall–Kier alpha value is -2.77. The van der Waals surface area contributed by atoms with Gasteiger partial charge in [-0.3, -0.25) is 4.72 Å². The molecular formula is C19H12BrClF3N3O5S. The molecule has 14 heteroatoms. The highest BCUT2D eigenvalue weighted by molar-refractivity contribution is 9.10. The van der Waals surface area contributed by atoms with Crippen LogP contribution >= 0.6 is 27.5 Å². The van der Waals surface area contributed by atoms with Crippen LogP contribution in [-0.4, -0.2) is 31.3 Å². The first kappa shape index (κ1) is 23.4. The van der Waals surface area contributed by atoms with Crippen LogP contribution < -0.4 is 9.46 Å². The molecule has 2 aromatic carbocycles. The molecule has 1 N–H and O–H groups in total. The second-order valence-electron chi connectivity index (χ2n) is 6.73. The Kier molecular flexibility index (Phi) is 6.05. The van der Waals surface area contributed by atoms with Crippen LogP contribution in [0.5, 0.6) is 5.75 Å². The van der Waals surface area contributed by atoms with Crippen molar-refractivity contribution in [2.45, 2.75) is 18.1 Å². The van der Waals surface area contributed by atoms with E-state index in [1.165, 1.54) is 13.2 Å². The number of esters is 1. The average Bonchev–Trinajstić information content (AvgIpc) is 3.17. The van der Waals surface area contributed by atoms with E-state index in [-0.39, 0.29) is 48.0 Å². The van der Waals surface area contributed by atoms with Gasteiger partial charge in [-0.05, 0) is 40.2 Å². The molecule has 0 atom stereocenters. The molecule has 3 aromatic rings. The second kappa shape index (κ2) is 8.54. The summed E-state index contributed by atoms with van der Waals surface area (Å²) >= 11 is 9.21. The van der Waals surface area contributed by atoms with Crippen molar-refractivity contribution in [3.05, 3.63) is 57.0 Å². The van der Waals surface area contributed by atoms with Gasteiger partial charge in [-0.2, -0.15) is 13.9 Å². The molecule has 1 aliphatic rings. The number of ether oxygens (including phenoxy) is 2. The smallest absolute Gasteiger partial charge is 0.338 e. The third-order valence-corrected chi connectivity index (χ3v) is 6.95. The second-order valence-corrected chi connectivity index (χ2v) is 9.64.